The van der Waals surface area contributed by atoms with Gasteiger partial charge in [0.1, 0.15) is 0 Å². The van der Waals surface area contributed by atoms with Gasteiger partial charge in [-0.2, -0.15) is 0 Å². The Bertz CT molecular complexity index is 84.2. The Kier molecular flexibility index (Phi) is 3.76. The van der Waals surface area contributed by atoms with Crippen LogP contribution in [0.5, 0.6) is 0 Å². The molecule has 0 aromatic carbocycles. The minimum atomic E-state index is 0. The topological polar surface area (TPSA) is 21.3 Å². The Morgan fingerprint density at radius 2 is 2.20 bits per heavy atom. The van der Waals surface area contributed by atoms with Crippen molar-refractivity contribution < 1.29 is 6.16 Å². The first kappa shape index (κ1) is 8.02. The molecule has 1 rings (SSSR count). The van der Waals surface area contributed by atoms with Gasteiger partial charge in [0.25, 0.3) is 0 Å². The summed E-state index contributed by atoms with van der Waals surface area (Å²) >= 11 is 0. The molecule has 0 radical (unpaired) electrons. The molecule has 2 heteroatoms. The SMILES string of the molecule is CNCCC1CCOCC1.[HH]. The van der Waals surface area contributed by atoms with Gasteiger partial charge in [0.2, 0.25) is 0 Å². The molecular weight excluding hydrogens is 126 g/mol. The molecule has 0 amide bonds. The van der Waals surface area contributed by atoms with Gasteiger partial charge in [0, 0.05) is 14.6 Å². The number of ether oxygens (including phenoxy) is 1. The highest BCUT2D eigenvalue weighted by Gasteiger charge is 2.11. The third-order valence-corrected chi connectivity index (χ3v) is 2.14. The van der Waals surface area contributed by atoms with Gasteiger partial charge in [-0.05, 0) is 38.8 Å². The molecule has 1 N–H and O–H groups in total. The Hall–Kier alpha value is -0.0800. The third-order valence-electron chi connectivity index (χ3n) is 2.14. The van der Waals surface area contributed by atoms with Gasteiger partial charge >= 0.3 is 0 Å². The fourth-order valence-corrected chi connectivity index (χ4v) is 1.38. The maximum Gasteiger partial charge on any atom is 0.0468 e. The van der Waals surface area contributed by atoms with Gasteiger partial charge in [-0.25, -0.2) is 0 Å². The normalized spacial score (nSPS) is 21.3. The second kappa shape index (κ2) is 4.69. The second-order valence-electron chi connectivity index (χ2n) is 2.95. The molecule has 0 unspecified atom stereocenters. The molecule has 1 saturated heterocycles. The van der Waals surface area contributed by atoms with E-state index in [2.05, 4.69) is 5.32 Å². The van der Waals surface area contributed by atoms with Gasteiger partial charge in [-0.1, -0.05) is 0 Å². The summed E-state index contributed by atoms with van der Waals surface area (Å²) in [6.45, 7) is 3.12. The third kappa shape index (κ3) is 2.67. The number of hydrogen-bond acceptors (Lipinski definition) is 2. The zero-order valence-corrected chi connectivity index (χ0v) is 6.73. The summed E-state index contributed by atoms with van der Waals surface area (Å²) in [5, 5.41) is 3.17. The number of rotatable bonds is 3. The zero-order chi connectivity index (χ0) is 7.23. The summed E-state index contributed by atoms with van der Waals surface area (Å²) in [6, 6.07) is 0. The molecule has 0 bridgehead atoms. The molecule has 10 heavy (non-hydrogen) atoms. The van der Waals surface area contributed by atoms with E-state index in [-0.39, 0.29) is 1.43 Å². The maximum absolute atomic E-state index is 5.26. The molecule has 0 aliphatic carbocycles. The predicted molar refractivity (Wildman–Crippen MR) is 44.2 cm³/mol. The molecule has 0 aromatic heterocycles. The van der Waals surface area contributed by atoms with Crippen LogP contribution in [0.3, 0.4) is 0 Å². The van der Waals surface area contributed by atoms with Crippen molar-refractivity contribution in [1.29, 1.82) is 0 Å². The highest BCUT2D eigenvalue weighted by atomic mass is 16.5. The fourth-order valence-electron chi connectivity index (χ4n) is 1.38. The van der Waals surface area contributed by atoms with E-state index in [1.54, 1.807) is 0 Å². The predicted octanol–water partition coefficient (Wildman–Crippen LogP) is 1.27. The van der Waals surface area contributed by atoms with Crippen LogP contribution in [-0.2, 0) is 4.74 Å². The van der Waals surface area contributed by atoms with Gasteiger partial charge in [-0.15, -0.1) is 0 Å². The van der Waals surface area contributed by atoms with Crippen molar-refractivity contribution in [2.75, 3.05) is 26.8 Å². The molecule has 0 saturated carbocycles. The summed E-state index contributed by atoms with van der Waals surface area (Å²) in [6.07, 6.45) is 3.85. The van der Waals surface area contributed by atoms with Crippen LogP contribution in [0.1, 0.15) is 20.7 Å². The van der Waals surface area contributed by atoms with Crippen LogP contribution in [0.4, 0.5) is 0 Å². The lowest BCUT2D eigenvalue weighted by Crippen LogP contribution is -2.20. The average molecular weight is 145 g/mol. The van der Waals surface area contributed by atoms with E-state index >= 15 is 0 Å². The van der Waals surface area contributed by atoms with Crippen LogP contribution < -0.4 is 5.32 Å². The molecule has 0 aromatic rings. The molecule has 1 fully saturated rings. The summed E-state index contributed by atoms with van der Waals surface area (Å²) in [5.74, 6) is 0.918. The summed E-state index contributed by atoms with van der Waals surface area (Å²) < 4.78 is 5.26. The van der Waals surface area contributed by atoms with E-state index in [9.17, 15) is 0 Å². The lowest BCUT2D eigenvalue weighted by Gasteiger charge is -2.21. The summed E-state index contributed by atoms with van der Waals surface area (Å²) in [7, 11) is 2.01. The Labute approximate surface area is 64.4 Å². The Balaban J connectivity index is 0.000001000. The number of hydrogen-bond donors (Lipinski definition) is 1. The molecule has 1 aliphatic heterocycles. The first-order valence-corrected chi connectivity index (χ1v) is 4.16. The summed E-state index contributed by atoms with van der Waals surface area (Å²) in [4.78, 5) is 0. The highest BCUT2D eigenvalue weighted by molar-refractivity contribution is 4.63. The lowest BCUT2D eigenvalue weighted by atomic mass is 9.97. The van der Waals surface area contributed by atoms with E-state index in [0.717, 1.165) is 25.7 Å². The Morgan fingerprint density at radius 1 is 1.50 bits per heavy atom. The molecule has 1 heterocycles. The van der Waals surface area contributed by atoms with Crippen LogP contribution in [0, 0.1) is 5.92 Å². The van der Waals surface area contributed by atoms with Crippen molar-refractivity contribution in [3.8, 4) is 0 Å². The standard InChI is InChI=1S/C8H17NO.H2/c1-9-5-2-8-3-6-10-7-4-8;/h8-9H,2-7H2,1H3;1H. The van der Waals surface area contributed by atoms with Gasteiger partial charge in [0.05, 0.1) is 0 Å². The van der Waals surface area contributed by atoms with E-state index in [0.29, 0.717) is 0 Å². The van der Waals surface area contributed by atoms with Crippen molar-refractivity contribution in [2.24, 2.45) is 5.92 Å². The minimum Gasteiger partial charge on any atom is -0.381 e. The summed E-state index contributed by atoms with van der Waals surface area (Å²) in [5.41, 5.74) is 0. The van der Waals surface area contributed by atoms with Crippen LogP contribution in [0.15, 0.2) is 0 Å². The van der Waals surface area contributed by atoms with Crippen LogP contribution in [0.2, 0.25) is 0 Å². The monoisotopic (exact) mass is 145 g/mol. The van der Waals surface area contributed by atoms with Crippen molar-refractivity contribution in [3.05, 3.63) is 0 Å². The van der Waals surface area contributed by atoms with Crippen LogP contribution >= 0.6 is 0 Å². The van der Waals surface area contributed by atoms with Gasteiger partial charge < -0.3 is 10.1 Å². The van der Waals surface area contributed by atoms with Crippen LogP contribution in [0.25, 0.3) is 0 Å². The first-order valence-electron chi connectivity index (χ1n) is 4.16. The highest BCUT2D eigenvalue weighted by Crippen LogP contribution is 2.17. The number of nitrogens with one attached hydrogen (secondary N) is 1. The van der Waals surface area contributed by atoms with Crippen molar-refractivity contribution in [2.45, 2.75) is 19.3 Å². The second-order valence-corrected chi connectivity index (χ2v) is 2.95. The van der Waals surface area contributed by atoms with Crippen molar-refractivity contribution >= 4 is 0 Å². The zero-order valence-electron chi connectivity index (χ0n) is 6.73. The largest absolute Gasteiger partial charge is 0.381 e. The van der Waals surface area contributed by atoms with Crippen molar-refractivity contribution in [3.63, 3.8) is 0 Å². The maximum atomic E-state index is 5.26. The van der Waals surface area contributed by atoms with E-state index in [1.807, 2.05) is 7.05 Å². The molecular formula is C8H19NO. The fraction of sp³-hybridized carbons (Fsp3) is 1.00. The van der Waals surface area contributed by atoms with E-state index in [4.69, 9.17) is 4.74 Å². The van der Waals surface area contributed by atoms with E-state index in [1.165, 1.54) is 19.3 Å². The van der Waals surface area contributed by atoms with Gasteiger partial charge in [0.15, 0.2) is 0 Å². The van der Waals surface area contributed by atoms with E-state index < -0.39 is 0 Å². The quantitative estimate of drug-likeness (QED) is 0.645. The first-order chi connectivity index (χ1) is 4.93. The molecule has 62 valence electrons. The van der Waals surface area contributed by atoms with Crippen LogP contribution in [-0.4, -0.2) is 26.8 Å². The molecule has 1 aliphatic rings. The lowest BCUT2D eigenvalue weighted by molar-refractivity contribution is 0.0641. The molecule has 0 atom stereocenters. The average Bonchev–Trinajstić information content (AvgIpc) is 2.03. The Morgan fingerprint density at radius 3 is 2.80 bits per heavy atom. The minimum absolute atomic E-state index is 0. The molecule has 0 spiro atoms. The van der Waals surface area contributed by atoms with Crippen molar-refractivity contribution in [1.82, 2.24) is 5.32 Å². The van der Waals surface area contributed by atoms with Gasteiger partial charge in [-0.3, -0.25) is 0 Å². The molecule has 2 nitrogen and oxygen atoms in total. The smallest absolute Gasteiger partial charge is 0.0468 e.